The van der Waals surface area contributed by atoms with Crippen LogP contribution in [-0.4, -0.2) is 12.6 Å². The van der Waals surface area contributed by atoms with Gasteiger partial charge in [0.05, 0.1) is 22.1 Å². The van der Waals surface area contributed by atoms with Crippen LogP contribution in [0.2, 0.25) is 10.0 Å². The van der Waals surface area contributed by atoms with Crippen LogP contribution in [-0.2, 0) is 14.9 Å². The summed E-state index contributed by atoms with van der Waals surface area (Å²) in [6, 6.07) is 5.51. The number of carbonyl (C=O) groups is 1. The predicted octanol–water partition coefficient (Wildman–Crippen LogP) is 3.98. The molecule has 4 heteroatoms. The van der Waals surface area contributed by atoms with E-state index in [-0.39, 0.29) is 11.9 Å². The highest BCUT2D eigenvalue weighted by atomic mass is 35.5. The fraction of sp³-hybridized carbons (Fsp3) is 0.500. The number of hydrogen-bond donors (Lipinski definition) is 0. The lowest BCUT2D eigenvalue weighted by Gasteiger charge is -2.35. The van der Waals surface area contributed by atoms with Gasteiger partial charge in [0.15, 0.2) is 0 Å². The Hall–Kier alpha value is -0.730. The zero-order valence-corrected chi connectivity index (χ0v) is 11.4. The first kappa shape index (κ1) is 12.3. The molecule has 1 aromatic carbocycles. The summed E-state index contributed by atoms with van der Waals surface area (Å²) in [6.45, 7) is 0.541. The molecule has 3 rings (SSSR count). The molecule has 96 valence electrons. The van der Waals surface area contributed by atoms with Crippen LogP contribution in [0.4, 0.5) is 0 Å². The SMILES string of the molecule is O=C1OCC2CCCCC12c1ccc(Cl)c(Cl)c1. The molecule has 18 heavy (non-hydrogen) atoms. The largest absolute Gasteiger partial charge is 0.465 e. The van der Waals surface area contributed by atoms with E-state index in [1.165, 1.54) is 6.42 Å². The van der Waals surface area contributed by atoms with E-state index in [2.05, 4.69) is 0 Å². The van der Waals surface area contributed by atoms with Gasteiger partial charge in [0.1, 0.15) is 0 Å². The Kier molecular flexibility index (Phi) is 3.03. The summed E-state index contributed by atoms with van der Waals surface area (Å²) in [4.78, 5) is 12.2. The van der Waals surface area contributed by atoms with E-state index in [1.54, 1.807) is 6.07 Å². The van der Waals surface area contributed by atoms with Gasteiger partial charge in [-0.05, 0) is 30.5 Å². The monoisotopic (exact) mass is 284 g/mol. The van der Waals surface area contributed by atoms with Gasteiger partial charge in [-0.1, -0.05) is 42.1 Å². The van der Waals surface area contributed by atoms with E-state index in [0.29, 0.717) is 16.7 Å². The second kappa shape index (κ2) is 4.43. The molecule has 2 unspecified atom stereocenters. The van der Waals surface area contributed by atoms with Gasteiger partial charge in [0.2, 0.25) is 0 Å². The van der Waals surface area contributed by atoms with E-state index in [9.17, 15) is 4.79 Å². The zero-order valence-electron chi connectivity index (χ0n) is 9.92. The van der Waals surface area contributed by atoms with Gasteiger partial charge in [0.25, 0.3) is 0 Å². The molecular formula is C14H14Cl2O2. The summed E-state index contributed by atoms with van der Waals surface area (Å²) in [5, 5.41) is 1.03. The summed E-state index contributed by atoms with van der Waals surface area (Å²) in [5.41, 5.74) is 0.482. The Balaban J connectivity index is 2.10. The highest BCUT2D eigenvalue weighted by Crippen LogP contribution is 2.49. The van der Waals surface area contributed by atoms with Crippen molar-refractivity contribution in [3.05, 3.63) is 33.8 Å². The quantitative estimate of drug-likeness (QED) is 0.729. The number of benzene rings is 1. The molecule has 0 N–H and O–H groups in total. The molecule has 0 bridgehead atoms. The van der Waals surface area contributed by atoms with E-state index >= 15 is 0 Å². The number of halogens is 2. The summed E-state index contributed by atoms with van der Waals surface area (Å²) in [6.07, 6.45) is 4.14. The van der Waals surface area contributed by atoms with Crippen molar-refractivity contribution in [3.63, 3.8) is 0 Å². The van der Waals surface area contributed by atoms with Crippen molar-refractivity contribution in [2.45, 2.75) is 31.1 Å². The lowest BCUT2D eigenvalue weighted by atomic mass is 9.64. The maximum absolute atomic E-state index is 12.2. The van der Waals surface area contributed by atoms with Gasteiger partial charge in [-0.2, -0.15) is 0 Å². The number of esters is 1. The third-order valence-corrected chi connectivity index (χ3v) is 5.02. The molecule has 0 spiro atoms. The second-order valence-corrected chi connectivity index (χ2v) is 5.96. The van der Waals surface area contributed by atoms with Crippen LogP contribution >= 0.6 is 23.2 Å². The number of hydrogen-bond acceptors (Lipinski definition) is 2. The van der Waals surface area contributed by atoms with Gasteiger partial charge < -0.3 is 4.74 Å². The Labute approximate surface area is 116 Å². The number of rotatable bonds is 1. The number of fused-ring (bicyclic) bond motifs is 1. The standard InChI is InChI=1S/C14H14Cl2O2/c15-11-5-4-9(7-12(11)16)14-6-2-1-3-10(14)8-18-13(14)17/h4-5,7,10H,1-3,6,8H2. The first-order valence-corrected chi connectivity index (χ1v) is 7.03. The number of cyclic esters (lactones) is 1. The van der Waals surface area contributed by atoms with E-state index < -0.39 is 5.41 Å². The predicted molar refractivity (Wildman–Crippen MR) is 71.1 cm³/mol. The van der Waals surface area contributed by atoms with Crippen LogP contribution in [0, 0.1) is 5.92 Å². The summed E-state index contributed by atoms with van der Waals surface area (Å²) >= 11 is 12.0. The van der Waals surface area contributed by atoms with Crippen molar-refractivity contribution in [1.29, 1.82) is 0 Å². The van der Waals surface area contributed by atoms with Crippen LogP contribution < -0.4 is 0 Å². The molecule has 1 aliphatic heterocycles. The molecule has 1 saturated carbocycles. The fourth-order valence-corrected chi connectivity index (χ4v) is 3.61. The van der Waals surface area contributed by atoms with Gasteiger partial charge in [0, 0.05) is 5.92 Å². The highest BCUT2D eigenvalue weighted by Gasteiger charge is 2.54. The van der Waals surface area contributed by atoms with Crippen LogP contribution in [0.1, 0.15) is 31.2 Å². The molecule has 1 heterocycles. The van der Waals surface area contributed by atoms with E-state index in [1.807, 2.05) is 12.1 Å². The van der Waals surface area contributed by atoms with Crippen LogP contribution in [0.5, 0.6) is 0 Å². The lowest BCUT2D eigenvalue weighted by molar-refractivity contribution is -0.143. The smallest absolute Gasteiger partial charge is 0.316 e. The average molecular weight is 285 g/mol. The molecule has 2 atom stereocenters. The van der Waals surface area contributed by atoms with Gasteiger partial charge in [-0.3, -0.25) is 4.79 Å². The van der Waals surface area contributed by atoms with Crippen molar-refractivity contribution in [1.82, 2.24) is 0 Å². The molecule has 2 fully saturated rings. The summed E-state index contributed by atoms with van der Waals surface area (Å²) in [7, 11) is 0. The average Bonchev–Trinajstić information content (AvgIpc) is 2.72. The van der Waals surface area contributed by atoms with Crippen LogP contribution in [0.3, 0.4) is 0 Å². The van der Waals surface area contributed by atoms with Gasteiger partial charge >= 0.3 is 5.97 Å². The maximum Gasteiger partial charge on any atom is 0.316 e. The minimum Gasteiger partial charge on any atom is -0.465 e. The molecular weight excluding hydrogens is 271 g/mol. The first-order chi connectivity index (χ1) is 8.64. The van der Waals surface area contributed by atoms with Gasteiger partial charge in [-0.15, -0.1) is 0 Å². The van der Waals surface area contributed by atoms with E-state index in [0.717, 1.165) is 24.8 Å². The minimum atomic E-state index is -0.480. The van der Waals surface area contributed by atoms with Crippen molar-refractivity contribution in [2.75, 3.05) is 6.61 Å². The topological polar surface area (TPSA) is 26.3 Å². The Morgan fingerprint density at radius 1 is 1.22 bits per heavy atom. The fourth-order valence-electron chi connectivity index (χ4n) is 3.32. The normalized spacial score (nSPS) is 31.0. The second-order valence-electron chi connectivity index (χ2n) is 5.14. The highest BCUT2D eigenvalue weighted by molar-refractivity contribution is 6.42. The van der Waals surface area contributed by atoms with Crippen LogP contribution in [0.15, 0.2) is 18.2 Å². The molecule has 2 nitrogen and oxygen atoms in total. The minimum absolute atomic E-state index is 0.0920. The maximum atomic E-state index is 12.2. The van der Waals surface area contributed by atoms with Crippen LogP contribution in [0.25, 0.3) is 0 Å². The molecule has 1 aliphatic carbocycles. The molecule has 0 radical (unpaired) electrons. The molecule has 2 aliphatic rings. The van der Waals surface area contributed by atoms with E-state index in [4.69, 9.17) is 27.9 Å². The van der Waals surface area contributed by atoms with Crippen molar-refractivity contribution in [3.8, 4) is 0 Å². The van der Waals surface area contributed by atoms with Crippen molar-refractivity contribution in [2.24, 2.45) is 5.92 Å². The van der Waals surface area contributed by atoms with Gasteiger partial charge in [-0.25, -0.2) is 0 Å². The Morgan fingerprint density at radius 2 is 2.06 bits per heavy atom. The molecule has 0 aromatic heterocycles. The molecule has 1 saturated heterocycles. The number of ether oxygens (including phenoxy) is 1. The summed E-state index contributed by atoms with van der Waals surface area (Å²) in [5.74, 6) is 0.196. The molecule has 1 aromatic rings. The Morgan fingerprint density at radius 3 is 2.83 bits per heavy atom. The first-order valence-electron chi connectivity index (χ1n) is 6.27. The number of carbonyl (C=O) groups excluding carboxylic acids is 1. The lowest BCUT2D eigenvalue weighted by Crippen LogP contribution is -2.40. The van der Waals surface area contributed by atoms with Crippen molar-refractivity contribution >= 4 is 29.2 Å². The zero-order chi connectivity index (χ0) is 12.8. The Bertz CT molecular complexity index is 501. The molecule has 0 amide bonds. The third kappa shape index (κ3) is 1.66. The van der Waals surface area contributed by atoms with Crippen molar-refractivity contribution < 1.29 is 9.53 Å². The third-order valence-electron chi connectivity index (χ3n) is 4.29. The summed E-state index contributed by atoms with van der Waals surface area (Å²) < 4.78 is 5.31.